The summed E-state index contributed by atoms with van der Waals surface area (Å²) in [6, 6.07) is 6.25. The quantitative estimate of drug-likeness (QED) is 0.830. The fourth-order valence-electron chi connectivity index (χ4n) is 2.72. The van der Waals surface area contributed by atoms with Gasteiger partial charge in [0, 0.05) is 29.9 Å². The van der Waals surface area contributed by atoms with Crippen LogP contribution in [0.2, 0.25) is 18.1 Å². The molecular weight excluding hydrogens is 290 g/mol. The summed E-state index contributed by atoms with van der Waals surface area (Å²) in [5, 5.41) is 10.5. The Balaban J connectivity index is 2.28. The van der Waals surface area contributed by atoms with Crippen LogP contribution in [-0.4, -0.2) is 26.5 Å². The standard InChI is InChI=1S/C18H31NO2Si/c1-7-19-12-11-16(20)15-10-8-9-14(17(15)19)13-21-22(5,6)18(2,3)4/h8-10,16,20H,7,11-13H2,1-6H3. The molecule has 1 aromatic rings. The minimum Gasteiger partial charge on any atom is -0.412 e. The highest BCUT2D eigenvalue weighted by Gasteiger charge is 2.37. The first kappa shape index (κ1) is 17.5. The van der Waals surface area contributed by atoms with Crippen molar-refractivity contribution in [3.63, 3.8) is 0 Å². The average Bonchev–Trinajstić information content (AvgIpc) is 2.44. The van der Waals surface area contributed by atoms with Gasteiger partial charge >= 0.3 is 0 Å². The second-order valence-corrected chi connectivity index (χ2v) is 12.6. The third kappa shape index (κ3) is 3.39. The van der Waals surface area contributed by atoms with Crippen LogP contribution in [0.15, 0.2) is 18.2 Å². The molecule has 1 unspecified atom stereocenters. The summed E-state index contributed by atoms with van der Waals surface area (Å²) >= 11 is 0. The highest BCUT2D eigenvalue weighted by atomic mass is 28.4. The molecule has 22 heavy (non-hydrogen) atoms. The molecule has 0 saturated carbocycles. The summed E-state index contributed by atoms with van der Waals surface area (Å²) in [4.78, 5) is 2.37. The summed E-state index contributed by atoms with van der Waals surface area (Å²) in [6.07, 6.45) is 0.471. The monoisotopic (exact) mass is 321 g/mol. The summed E-state index contributed by atoms with van der Waals surface area (Å²) in [6.45, 7) is 16.1. The number of benzene rings is 1. The van der Waals surface area contributed by atoms with Crippen LogP contribution < -0.4 is 4.90 Å². The fourth-order valence-corrected chi connectivity index (χ4v) is 3.67. The summed E-state index contributed by atoms with van der Waals surface area (Å²) in [5.74, 6) is 0. The van der Waals surface area contributed by atoms with E-state index in [0.29, 0.717) is 6.61 Å². The van der Waals surface area contributed by atoms with E-state index in [0.717, 1.165) is 25.1 Å². The third-order valence-corrected chi connectivity index (χ3v) is 9.75. The Morgan fingerprint density at radius 1 is 1.32 bits per heavy atom. The molecule has 0 aliphatic carbocycles. The van der Waals surface area contributed by atoms with E-state index in [9.17, 15) is 5.11 Å². The molecule has 0 amide bonds. The van der Waals surface area contributed by atoms with E-state index >= 15 is 0 Å². The smallest absolute Gasteiger partial charge is 0.192 e. The van der Waals surface area contributed by atoms with Crippen molar-refractivity contribution in [2.24, 2.45) is 0 Å². The number of aliphatic hydroxyl groups is 1. The lowest BCUT2D eigenvalue weighted by molar-refractivity contribution is 0.164. The van der Waals surface area contributed by atoms with E-state index in [-0.39, 0.29) is 11.1 Å². The van der Waals surface area contributed by atoms with Crippen LogP contribution >= 0.6 is 0 Å². The van der Waals surface area contributed by atoms with Gasteiger partial charge in [0.1, 0.15) is 0 Å². The second-order valence-electron chi connectivity index (χ2n) is 7.79. The van der Waals surface area contributed by atoms with Gasteiger partial charge in [-0.3, -0.25) is 0 Å². The lowest BCUT2D eigenvalue weighted by Gasteiger charge is -2.38. The molecule has 0 fully saturated rings. The number of hydrogen-bond acceptors (Lipinski definition) is 3. The van der Waals surface area contributed by atoms with Gasteiger partial charge in [0.05, 0.1) is 12.7 Å². The van der Waals surface area contributed by atoms with Gasteiger partial charge < -0.3 is 14.4 Å². The van der Waals surface area contributed by atoms with Gasteiger partial charge in [-0.05, 0) is 31.5 Å². The Kier molecular flexibility index (Phi) is 5.05. The Labute approximate surface area is 136 Å². The third-order valence-electron chi connectivity index (χ3n) is 5.27. The number of anilines is 1. The van der Waals surface area contributed by atoms with Crippen molar-refractivity contribution in [2.45, 2.75) is 65.0 Å². The minimum absolute atomic E-state index is 0.214. The zero-order valence-electron chi connectivity index (χ0n) is 14.9. The minimum atomic E-state index is -1.76. The molecule has 0 radical (unpaired) electrons. The summed E-state index contributed by atoms with van der Waals surface area (Å²) in [5.41, 5.74) is 3.47. The van der Waals surface area contributed by atoms with Gasteiger partial charge in [0.25, 0.3) is 0 Å². The van der Waals surface area contributed by atoms with Gasteiger partial charge in [-0.15, -0.1) is 0 Å². The maximum absolute atomic E-state index is 10.3. The number of fused-ring (bicyclic) bond motifs is 1. The van der Waals surface area contributed by atoms with Gasteiger partial charge in [0.2, 0.25) is 0 Å². The molecule has 124 valence electrons. The number of para-hydroxylation sites is 1. The van der Waals surface area contributed by atoms with E-state index < -0.39 is 8.32 Å². The van der Waals surface area contributed by atoms with E-state index in [2.05, 4.69) is 57.8 Å². The predicted molar refractivity (Wildman–Crippen MR) is 95.9 cm³/mol. The van der Waals surface area contributed by atoms with Crippen molar-refractivity contribution >= 4 is 14.0 Å². The van der Waals surface area contributed by atoms with Crippen LogP contribution in [0, 0.1) is 0 Å². The second kappa shape index (κ2) is 6.34. The highest BCUT2D eigenvalue weighted by molar-refractivity contribution is 6.74. The first-order valence-corrected chi connectivity index (χ1v) is 11.3. The van der Waals surface area contributed by atoms with Crippen LogP contribution in [0.3, 0.4) is 0 Å². The molecule has 1 aromatic carbocycles. The number of aliphatic hydroxyl groups excluding tert-OH is 1. The van der Waals surface area contributed by atoms with Crippen molar-refractivity contribution in [1.82, 2.24) is 0 Å². The van der Waals surface area contributed by atoms with E-state index in [1.165, 1.54) is 11.3 Å². The van der Waals surface area contributed by atoms with Crippen molar-refractivity contribution < 1.29 is 9.53 Å². The molecule has 3 nitrogen and oxygen atoms in total. The average molecular weight is 322 g/mol. The molecule has 1 heterocycles. The number of rotatable bonds is 4. The molecule has 1 atom stereocenters. The van der Waals surface area contributed by atoms with Crippen molar-refractivity contribution in [2.75, 3.05) is 18.0 Å². The first-order chi connectivity index (χ1) is 10.2. The van der Waals surface area contributed by atoms with E-state index in [1.54, 1.807) is 0 Å². The largest absolute Gasteiger partial charge is 0.412 e. The molecule has 0 aromatic heterocycles. The number of hydrogen-bond donors (Lipinski definition) is 1. The number of nitrogens with zero attached hydrogens (tertiary/aromatic N) is 1. The zero-order valence-corrected chi connectivity index (χ0v) is 15.9. The fraction of sp³-hybridized carbons (Fsp3) is 0.667. The maximum atomic E-state index is 10.3. The van der Waals surface area contributed by atoms with Gasteiger partial charge in [-0.25, -0.2) is 0 Å². The zero-order chi connectivity index (χ0) is 16.5. The van der Waals surface area contributed by atoms with Crippen LogP contribution in [-0.2, 0) is 11.0 Å². The predicted octanol–water partition coefficient (Wildman–Crippen LogP) is 4.47. The van der Waals surface area contributed by atoms with E-state index in [4.69, 9.17) is 4.43 Å². The van der Waals surface area contributed by atoms with Crippen molar-refractivity contribution in [3.8, 4) is 0 Å². The molecule has 2 rings (SSSR count). The van der Waals surface area contributed by atoms with Crippen molar-refractivity contribution in [3.05, 3.63) is 29.3 Å². The van der Waals surface area contributed by atoms with Crippen molar-refractivity contribution in [1.29, 1.82) is 0 Å². The Morgan fingerprint density at radius 2 is 2.00 bits per heavy atom. The Bertz CT molecular complexity index is 522. The van der Waals surface area contributed by atoms with Crippen LogP contribution in [0.5, 0.6) is 0 Å². The SMILES string of the molecule is CCN1CCC(O)c2cccc(CO[Si](C)(C)C(C)(C)C)c21. The molecule has 1 N–H and O–H groups in total. The van der Waals surface area contributed by atoms with E-state index in [1.807, 2.05) is 6.07 Å². The summed E-state index contributed by atoms with van der Waals surface area (Å²) < 4.78 is 6.40. The normalized spacial score (nSPS) is 19.2. The van der Waals surface area contributed by atoms with Gasteiger partial charge in [-0.1, -0.05) is 39.0 Å². The Hall–Kier alpha value is -0.843. The highest BCUT2D eigenvalue weighted by Crippen LogP contribution is 2.40. The topological polar surface area (TPSA) is 32.7 Å². The Morgan fingerprint density at radius 3 is 2.59 bits per heavy atom. The van der Waals surface area contributed by atoms with Gasteiger partial charge in [0.15, 0.2) is 8.32 Å². The first-order valence-electron chi connectivity index (χ1n) is 8.36. The van der Waals surface area contributed by atoms with Crippen LogP contribution in [0.25, 0.3) is 0 Å². The van der Waals surface area contributed by atoms with Gasteiger partial charge in [-0.2, -0.15) is 0 Å². The summed E-state index contributed by atoms with van der Waals surface area (Å²) in [7, 11) is -1.76. The van der Waals surface area contributed by atoms with Crippen LogP contribution in [0.1, 0.15) is 51.3 Å². The maximum Gasteiger partial charge on any atom is 0.192 e. The van der Waals surface area contributed by atoms with Crippen LogP contribution in [0.4, 0.5) is 5.69 Å². The molecule has 0 saturated heterocycles. The molecular formula is C18H31NO2Si. The lowest BCUT2D eigenvalue weighted by atomic mass is 9.95. The molecule has 0 bridgehead atoms. The molecule has 4 heteroatoms. The lowest BCUT2D eigenvalue weighted by Crippen LogP contribution is -2.40. The molecule has 0 spiro atoms. The molecule has 1 aliphatic rings. The molecule has 1 aliphatic heterocycles.